The van der Waals surface area contributed by atoms with Gasteiger partial charge in [-0.2, -0.15) is 0 Å². The molecule has 0 amide bonds. The highest BCUT2D eigenvalue weighted by atomic mass is 35.5. The van der Waals surface area contributed by atoms with Gasteiger partial charge in [0, 0.05) is 18.8 Å². The Hall–Kier alpha value is -1.39. The first kappa shape index (κ1) is 16.5. The number of aliphatic hydroxyl groups is 1. The zero-order valence-electron chi connectivity index (χ0n) is 13.7. The highest BCUT2D eigenvalue weighted by molar-refractivity contribution is 6.32. The topological polar surface area (TPSA) is 41.9 Å². The first-order chi connectivity index (χ1) is 11.1. The Labute approximate surface area is 142 Å². The van der Waals surface area contributed by atoms with Crippen LogP contribution in [0.4, 0.5) is 0 Å². The Bertz CT molecular complexity index is 590. The van der Waals surface area contributed by atoms with E-state index in [1.165, 1.54) is 0 Å². The maximum absolute atomic E-state index is 10.5. The third kappa shape index (κ3) is 3.29. The molecule has 2 bridgehead atoms. The fraction of sp³-hybridized carbons (Fsp3) is 0.556. The minimum Gasteiger partial charge on any atom is -0.490 e. The Morgan fingerprint density at radius 1 is 1.22 bits per heavy atom. The molecule has 3 aliphatic heterocycles. The van der Waals surface area contributed by atoms with Crippen LogP contribution in [0.15, 0.2) is 17.8 Å². The molecule has 3 heterocycles. The van der Waals surface area contributed by atoms with E-state index in [-0.39, 0.29) is 6.10 Å². The molecule has 1 aromatic rings. The molecule has 1 unspecified atom stereocenters. The third-order valence-corrected chi connectivity index (χ3v) is 4.87. The minimum absolute atomic E-state index is 0.376. The summed E-state index contributed by atoms with van der Waals surface area (Å²) in [6.45, 7) is 6.99. The van der Waals surface area contributed by atoms with E-state index in [2.05, 4.69) is 4.90 Å². The molecule has 0 aliphatic carbocycles. The number of fused-ring (bicyclic) bond motifs is 3. The van der Waals surface area contributed by atoms with Crippen molar-refractivity contribution in [2.24, 2.45) is 5.92 Å². The van der Waals surface area contributed by atoms with Gasteiger partial charge in [-0.1, -0.05) is 11.6 Å². The molecule has 0 spiro atoms. The number of hydrogen-bond acceptors (Lipinski definition) is 4. The molecule has 4 nitrogen and oxygen atoms in total. The molecule has 3 aliphatic rings. The second kappa shape index (κ2) is 7.02. The van der Waals surface area contributed by atoms with Gasteiger partial charge in [-0.15, -0.1) is 0 Å². The molecule has 1 atom stereocenters. The van der Waals surface area contributed by atoms with Gasteiger partial charge in [-0.3, -0.25) is 0 Å². The summed E-state index contributed by atoms with van der Waals surface area (Å²) in [6.07, 6.45) is 3.80. The molecular formula is C18H24ClNO3. The van der Waals surface area contributed by atoms with Crippen molar-refractivity contribution in [1.29, 1.82) is 0 Å². The fourth-order valence-electron chi connectivity index (χ4n) is 3.47. The average molecular weight is 338 g/mol. The van der Waals surface area contributed by atoms with Crippen molar-refractivity contribution in [2.45, 2.75) is 32.8 Å². The fourth-order valence-corrected chi connectivity index (χ4v) is 3.74. The van der Waals surface area contributed by atoms with E-state index >= 15 is 0 Å². The molecule has 0 radical (unpaired) electrons. The molecule has 0 aromatic heterocycles. The highest BCUT2D eigenvalue weighted by Crippen LogP contribution is 2.39. The Morgan fingerprint density at radius 3 is 2.52 bits per heavy atom. The molecule has 3 saturated heterocycles. The standard InChI is InChI=1S/C18H24ClNO3/c1-3-22-16-11-12(9-14(19)18(16)23-4-2)10-15-17(21)13-5-7-20(15)8-6-13/h9-11,13,17,21H,3-8H2,1-2H3. The van der Waals surface area contributed by atoms with Crippen LogP contribution in [0, 0.1) is 5.92 Å². The number of halogens is 1. The van der Waals surface area contributed by atoms with Crippen LogP contribution in [0.3, 0.4) is 0 Å². The van der Waals surface area contributed by atoms with Crippen molar-refractivity contribution >= 4 is 17.7 Å². The predicted octanol–water partition coefficient (Wildman–Crippen LogP) is 3.56. The van der Waals surface area contributed by atoms with Gasteiger partial charge in [-0.05, 0) is 56.4 Å². The summed E-state index contributed by atoms with van der Waals surface area (Å²) in [5.41, 5.74) is 1.93. The Balaban J connectivity index is 1.95. The zero-order valence-corrected chi connectivity index (χ0v) is 14.5. The lowest BCUT2D eigenvalue weighted by Gasteiger charge is -2.46. The lowest BCUT2D eigenvalue weighted by Crippen LogP contribution is -2.48. The second-order valence-corrected chi connectivity index (χ2v) is 6.44. The Morgan fingerprint density at radius 2 is 1.91 bits per heavy atom. The number of piperidine rings is 3. The van der Waals surface area contributed by atoms with Gasteiger partial charge in [0.05, 0.1) is 24.3 Å². The van der Waals surface area contributed by atoms with Gasteiger partial charge in [0.1, 0.15) is 0 Å². The van der Waals surface area contributed by atoms with Crippen molar-refractivity contribution in [3.63, 3.8) is 0 Å². The van der Waals surface area contributed by atoms with E-state index in [0.717, 1.165) is 37.2 Å². The number of nitrogens with zero attached hydrogens (tertiary/aromatic N) is 1. The van der Waals surface area contributed by atoms with Gasteiger partial charge >= 0.3 is 0 Å². The second-order valence-electron chi connectivity index (χ2n) is 6.03. The van der Waals surface area contributed by atoms with Crippen LogP contribution in [-0.4, -0.2) is 42.4 Å². The number of aliphatic hydroxyl groups excluding tert-OH is 1. The van der Waals surface area contributed by atoms with Crippen LogP contribution >= 0.6 is 11.6 Å². The van der Waals surface area contributed by atoms with E-state index in [1.807, 2.05) is 32.1 Å². The molecule has 0 saturated carbocycles. The summed E-state index contributed by atoms with van der Waals surface area (Å²) in [6, 6.07) is 3.81. The number of rotatable bonds is 5. The quantitative estimate of drug-likeness (QED) is 0.892. The first-order valence-corrected chi connectivity index (χ1v) is 8.75. The van der Waals surface area contributed by atoms with Crippen molar-refractivity contribution in [2.75, 3.05) is 26.3 Å². The van der Waals surface area contributed by atoms with Gasteiger partial charge in [0.25, 0.3) is 0 Å². The SMILES string of the molecule is CCOc1cc(C=C2C(O)C3CCN2CC3)cc(Cl)c1OCC. The van der Waals surface area contributed by atoms with Gasteiger partial charge < -0.3 is 19.5 Å². The Kier molecular flexibility index (Phi) is 5.02. The summed E-state index contributed by atoms with van der Waals surface area (Å²) >= 11 is 6.37. The molecular weight excluding hydrogens is 314 g/mol. The number of ether oxygens (including phenoxy) is 2. The number of benzene rings is 1. The van der Waals surface area contributed by atoms with E-state index < -0.39 is 0 Å². The lowest BCUT2D eigenvalue weighted by atomic mass is 9.83. The van der Waals surface area contributed by atoms with Crippen LogP contribution in [0.1, 0.15) is 32.3 Å². The third-order valence-electron chi connectivity index (χ3n) is 4.59. The smallest absolute Gasteiger partial charge is 0.179 e. The van der Waals surface area contributed by atoms with Gasteiger partial charge in [0.2, 0.25) is 0 Å². The molecule has 3 fully saturated rings. The predicted molar refractivity (Wildman–Crippen MR) is 92.1 cm³/mol. The molecule has 126 valence electrons. The summed E-state index contributed by atoms with van der Waals surface area (Å²) < 4.78 is 11.3. The van der Waals surface area contributed by atoms with E-state index in [4.69, 9.17) is 21.1 Å². The van der Waals surface area contributed by atoms with Crippen LogP contribution in [0.5, 0.6) is 11.5 Å². The molecule has 1 N–H and O–H groups in total. The van der Waals surface area contributed by atoms with E-state index in [9.17, 15) is 5.11 Å². The first-order valence-electron chi connectivity index (χ1n) is 8.37. The maximum Gasteiger partial charge on any atom is 0.179 e. The monoisotopic (exact) mass is 337 g/mol. The van der Waals surface area contributed by atoms with Crippen LogP contribution in [-0.2, 0) is 0 Å². The highest BCUT2D eigenvalue weighted by Gasteiger charge is 2.36. The van der Waals surface area contributed by atoms with Crippen molar-refractivity contribution in [3.8, 4) is 11.5 Å². The summed E-state index contributed by atoms with van der Waals surface area (Å²) in [5, 5.41) is 11.0. The largest absolute Gasteiger partial charge is 0.490 e. The summed E-state index contributed by atoms with van der Waals surface area (Å²) in [4.78, 5) is 2.27. The normalized spacial score (nSPS) is 25.0. The molecule has 4 rings (SSSR count). The van der Waals surface area contributed by atoms with Gasteiger partial charge in [0.15, 0.2) is 11.5 Å². The van der Waals surface area contributed by atoms with Gasteiger partial charge in [-0.25, -0.2) is 0 Å². The van der Waals surface area contributed by atoms with E-state index in [1.54, 1.807) is 0 Å². The summed E-state index contributed by atoms with van der Waals surface area (Å²) in [5.74, 6) is 1.62. The van der Waals surface area contributed by atoms with Crippen LogP contribution in [0.2, 0.25) is 5.02 Å². The molecule has 23 heavy (non-hydrogen) atoms. The number of hydrogen-bond donors (Lipinski definition) is 1. The van der Waals surface area contributed by atoms with Crippen molar-refractivity contribution < 1.29 is 14.6 Å². The van der Waals surface area contributed by atoms with Crippen molar-refractivity contribution in [3.05, 3.63) is 28.4 Å². The zero-order chi connectivity index (χ0) is 16.4. The summed E-state index contributed by atoms with van der Waals surface area (Å²) in [7, 11) is 0. The van der Waals surface area contributed by atoms with Crippen molar-refractivity contribution in [1.82, 2.24) is 4.90 Å². The average Bonchev–Trinajstić information content (AvgIpc) is 2.55. The van der Waals surface area contributed by atoms with E-state index in [0.29, 0.717) is 35.7 Å². The molecule has 5 heteroatoms. The lowest BCUT2D eigenvalue weighted by molar-refractivity contribution is 0.0215. The maximum atomic E-state index is 10.5. The van der Waals surface area contributed by atoms with Crippen LogP contribution < -0.4 is 9.47 Å². The van der Waals surface area contributed by atoms with Crippen LogP contribution in [0.25, 0.3) is 6.08 Å². The minimum atomic E-state index is -0.376. The molecule has 1 aromatic carbocycles.